The van der Waals surface area contributed by atoms with Crippen LogP contribution in [0, 0.1) is 0 Å². The molecule has 1 aromatic carbocycles. The summed E-state index contributed by atoms with van der Waals surface area (Å²) in [6.45, 7) is 0.384. The maximum absolute atomic E-state index is 5.73. The van der Waals surface area contributed by atoms with Gasteiger partial charge in [-0.3, -0.25) is 10.3 Å². The summed E-state index contributed by atoms with van der Waals surface area (Å²) in [6.07, 6.45) is 0. The minimum Gasteiger partial charge on any atom is -0.481 e. The van der Waals surface area contributed by atoms with E-state index in [0.717, 1.165) is 5.75 Å². The van der Waals surface area contributed by atoms with Gasteiger partial charge in [0.05, 0.1) is 14.1 Å². The number of hydrogen-bond acceptors (Lipinski definition) is 1. The van der Waals surface area contributed by atoms with Crippen LogP contribution in [0.2, 0.25) is 5.02 Å². The number of nitrogens with zero attached hydrogens (tertiary/aromatic N) is 1. The van der Waals surface area contributed by atoms with Crippen molar-refractivity contribution in [2.45, 2.75) is 0 Å². The summed E-state index contributed by atoms with van der Waals surface area (Å²) in [5, 5.41) is 0.696. The highest BCUT2D eigenvalue weighted by molar-refractivity contribution is 6.30. The third kappa shape index (κ3) is 3.26. The third-order valence-electron chi connectivity index (χ3n) is 1.77. The van der Waals surface area contributed by atoms with Crippen LogP contribution in [0.4, 0.5) is 0 Å². The maximum atomic E-state index is 5.73. The first-order valence-electron chi connectivity index (χ1n) is 4.26. The monoisotopic (exact) mass is 213 g/mol. The van der Waals surface area contributed by atoms with Gasteiger partial charge in [0.25, 0.3) is 5.84 Å². The molecule has 0 saturated carbocycles. The van der Waals surface area contributed by atoms with E-state index in [1.165, 1.54) is 0 Å². The predicted octanol–water partition coefficient (Wildman–Crippen LogP) is 1.35. The molecule has 0 unspecified atom stereocenters. The average Bonchev–Trinajstić information content (AvgIpc) is 2.16. The number of rotatable bonds is 3. The second-order valence-electron chi connectivity index (χ2n) is 3.13. The van der Waals surface area contributed by atoms with Crippen molar-refractivity contribution in [3.8, 4) is 5.75 Å². The normalized spacial score (nSPS) is 9.64. The first-order chi connectivity index (χ1) is 6.59. The molecule has 0 saturated heterocycles. The van der Waals surface area contributed by atoms with E-state index < -0.39 is 0 Å². The lowest BCUT2D eigenvalue weighted by Gasteiger charge is -2.04. The van der Waals surface area contributed by atoms with Gasteiger partial charge in [0.15, 0.2) is 6.61 Å². The average molecular weight is 214 g/mol. The molecule has 0 bridgehead atoms. The molecule has 3 nitrogen and oxygen atoms in total. The van der Waals surface area contributed by atoms with Crippen molar-refractivity contribution in [3.05, 3.63) is 29.3 Å². The van der Waals surface area contributed by atoms with Crippen molar-refractivity contribution in [1.82, 2.24) is 0 Å². The summed E-state index contributed by atoms with van der Waals surface area (Å²) in [4.78, 5) is 0. The second kappa shape index (κ2) is 4.86. The van der Waals surface area contributed by atoms with Crippen molar-refractivity contribution < 1.29 is 9.31 Å². The standard InChI is InChI=1S/C10H13ClN2O/c1-13(2)10(12)7-14-9-5-3-8(11)4-6-9/h3-6,12H,7H2,1-2H3/p+1. The van der Waals surface area contributed by atoms with Crippen LogP contribution in [0.15, 0.2) is 24.3 Å². The topological polar surface area (TPSA) is 38.3 Å². The quantitative estimate of drug-likeness (QED) is 0.468. The lowest BCUT2D eigenvalue weighted by molar-refractivity contribution is -0.467. The lowest BCUT2D eigenvalue weighted by atomic mass is 10.3. The Morgan fingerprint density at radius 1 is 1.36 bits per heavy atom. The highest BCUT2D eigenvalue weighted by Gasteiger charge is 2.01. The minimum atomic E-state index is 0.384. The van der Waals surface area contributed by atoms with Crippen LogP contribution < -0.4 is 10.5 Å². The molecular weight excluding hydrogens is 200 g/mol. The third-order valence-corrected chi connectivity index (χ3v) is 2.03. The van der Waals surface area contributed by atoms with E-state index in [1.54, 1.807) is 12.1 Å². The molecule has 1 aromatic rings. The molecule has 0 heterocycles. The fourth-order valence-corrected chi connectivity index (χ4v) is 0.943. The van der Waals surface area contributed by atoms with Gasteiger partial charge < -0.3 is 4.74 Å². The van der Waals surface area contributed by atoms with Gasteiger partial charge in [-0.1, -0.05) is 11.6 Å². The molecule has 0 fully saturated rings. The summed E-state index contributed by atoms with van der Waals surface area (Å²) >= 11 is 5.73. The molecule has 76 valence electrons. The van der Waals surface area contributed by atoms with Gasteiger partial charge in [0.1, 0.15) is 5.75 Å². The summed E-state index contributed by atoms with van der Waals surface area (Å²) in [6, 6.07) is 7.18. The van der Waals surface area contributed by atoms with Crippen molar-refractivity contribution in [2.24, 2.45) is 5.73 Å². The predicted molar refractivity (Wildman–Crippen MR) is 58.2 cm³/mol. The van der Waals surface area contributed by atoms with Crippen LogP contribution in [0.1, 0.15) is 0 Å². The Morgan fingerprint density at radius 2 is 1.93 bits per heavy atom. The van der Waals surface area contributed by atoms with Crippen LogP contribution in [-0.4, -0.2) is 31.1 Å². The van der Waals surface area contributed by atoms with Crippen molar-refractivity contribution in [2.75, 3.05) is 20.7 Å². The number of halogens is 1. The number of ether oxygens (including phenoxy) is 1. The Kier molecular flexibility index (Phi) is 3.77. The highest BCUT2D eigenvalue weighted by Crippen LogP contribution is 2.15. The Labute approximate surface area is 88.8 Å². The molecule has 0 aliphatic carbocycles. The molecule has 2 N–H and O–H groups in total. The minimum absolute atomic E-state index is 0.384. The zero-order valence-electron chi connectivity index (χ0n) is 8.33. The molecule has 0 atom stereocenters. The highest BCUT2D eigenvalue weighted by atomic mass is 35.5. The van der Waals surface area contributed by atoms with Crippen LogP contribution in [0.25, 0.3) is 0 Å². The van der Waals surface area contributed by atoms with Crippen LogP contribution >= 0.6 is 11.6 Å². The van der Waals surface area contributed by atoms with Crippen molar-refractivity contribution >= 4 is 17.4 Å². The van der Waals surface area contributed by atoms with E-state index in [0.29, 0.717) is 17.5 Å². The van der Waals surface area contributed by atoms with Gasteiger partial charge in [-0.2, -0.15) is 0 Å². The van der Waals surface area contributed by atoms with Crippen molar-refractivity contribution in [3.63, 3.8) is 0 Å². The Balaban J connectivity index is 2.54. The van der Waals surface area contributed by atoms with Gasteiger partial charge in [-0.05, 0) is 24.3 Å². The van der Waals surface area contributed by atoms with E-state index in [1.807, 2.05) is 30.8 Å². The molecule has 0 aliphatic rings. The van der Waals surface area contributed by atoms with Gasteiger partial charge in [-0.15, -0.1) is 0 Å². The largest absolute Gasteiger partial charge is 0.481 e. The van der Waals surface area contributed by atoms with E-state index in [9.17, 15) is 0 Å². The number of amidine groups is 1. The summed E-state index contributed by atoms with van der Waals surface area (Å²) < 4.78 is 7.24. The van der Waals surface area contributed by atoms with Gasteiger partial charge >= 0.3 is 0 Å². The summed E-state index contributed by atoms with van der Waals surface area (Å²) in [7, 11) is 3.75. The summed E-state index contributed by atoms with van der Waals surface area (Å²) in [5.74, 6) is 1.44. The Hall–Kier alpha value is -1.22. The Morgan fingerprint density at radius 3 is 2.43 bits per heavy atom. The van der Waals surface area contributed by atoms with Crippen LogP contribution in [0.5, 0.6) is 5.75 Å². The molecule has 14 heavy (non-hydrogen) atoms. The fourth-order valence-electron chi connectivity index (χ4n) is 0.817. The molecule has 0 spiro atoms. The zero-order chi connectivity index (χ0) is 10.6. The van der Waals surface area contributed by atoms with E-state index >= 15 is 0 Å². The molecule has 0 aromatic heterocycles. The van der Waals surface area contributed by atoms with E-state index in [4.69, 9.17) is 22.1 Å². The lowest BCUT2D eigenvalue weighted by Crippen LogP contribution is -2.29. The zero-order valence-corrected chi connectivity index (χ0v) is 9.08. The van der Waals surface area contributed by atoms with Gasteiger partial charge in [0.2, 0.25) is 0 Å². The van der Waals surface area contributed by atoms with Crippen molar-refractivity contribution in [1.29, 1.82) is 0 Å². The molecule has 1 rings (SSSR count). The van der Waals surface area contributed by atoms with E-state index in [2.05, 4.69) is 0 Å². The first-order valence-corrected chi connectivity index (χ1v) is 4.64. The smallest absolute Gasteiger partial charge is 0.280 e. The number of nitrogens with two attached hydrogens (primary N) is 1. The number of hydrogen-bond donors (Lipinski definition) is 1. The molecule has 0 amide bonds. The van der Waals surface area contributed by atoms with Crippen LogP contribution in [0.3, 0.4) is 0 Å². The maximum Gasteiger partial charge on any atom is 0.280 e. The molecular formula is C10H14ClN2O+. The molecule has 0 aliphatic heterocycles. The van der Waals surface area contributed by atoms with Gasteiger partial charge in [0, 0.05) is 5.02 Å². The molecule has 4 heteroatoms. The van der Waals surface area contributed by atoms with E-state index in [-0.39, 0.29) is 0 Å². The second-order valence-corrected chi connectivity index (χ2v) is 3.56. The fraction of sp³-hybridized carbons (Fsp3) is 0.300. The number of benzene rings is 1. The SMILES string of the molecule is C[N+](C)=C(N)COc1ccc(Cl)cc1. The summed E-state index contributed by atoms with van der Waals surface area (Å²) in [5.41, 5.74) is 5.69. The van der Waals surface area contributed by atoms with Gasteiger partial charge in [-0.25, -0.2) is 0 Å². The first kappa shape index (κ1) is 10.9. The Bertz CT molecular complexity index is 328. The van der Waals surface area contributed by atoms with Crippen LogP contribution in [-0.2, 0) is 0 Å². The molecule has 0 radical (unpaired) electrons.